The van der Waals surface area contributed by atoms with Crippen LogP contribution in [0.4, 0.5) is 22.0 Å². The number of sulfonamides is 1. The second-order valence-electron chi connectivity index (χ2n) is 7.45. The summed E-state index contributed by atoms with van der Waals surface area (Å²) in [5.41, 5.74) is 1.60. The fourth-order valence-corrected chi connectivity index (χ4v) is 4.67. The molecule has 0 amide bonds. The fourth-order valence-electron chi connectivity index (χ4n) is 3.44. The second-order valence-corrected chi connectivity index (χ2v) is 9.17. The van der Waals surface area contributed by atoms with E-state index in [0.29, 0.717) is 23.9 Å². The predicted octanol–water partition coefficient (Wildman–Crippen LogP) is 4.82. The molecule has 0 bridgehead atoms. The monoisotopic (exact) mass is 510 g/mol. The number of pyridine rings is 1. The molecule has 2 aromatic heterocycles. The highest BCUT2D eigenvalue weighted by Gasteiger charge is 2.39. The van der Waals surface area contributed by atoms with E-state index in [-0.39, 0.29) is 22.3 Å². The first-order valence-electron chi connectivity index (χ1n) is 9.90. The van der Waals surface area contributed by atoms with Gasteiger partial charge in [-0.25, -0.2) is 13.4 Å². The van der Waals surface area contributed by atoms with Gasteiger partial charge in [0.25, 0.3) is 0 Å². The Bertz CT molecular complexity index is 1500. The van der Waals surface area contributed by atoms with Gasteiger partial charge in [-0.3, -0.25) is 4.57 Å². The summed E-state index contributed by atoms with van der Waals surface area (Å²) in [5, 5.41) is 10.1. The van der Waals surface area contributed by atoms with E-state index in [4.69, 9.17) is 0 Å². The summed E-state index contributed by atoms with van der Waals surface area (Å²) in [6.45, 7) is -2.41. The lowest BCUT2D eigenvalue weighted by Crippen LogP contribution is -2.42. The van der Waals surface area contributed by atoms with Gasteiger partial charge in [-0.2, -0.15) is 31.9 Å². The Morgan fingerprint density at radius 3 is 2.37 bits per heavy atom. The maximum absolute atomic E-state index is 12.8. The highest BCUT2D eigenvalue weighted by molar-refractivity contribution is 7.89. The first kappa shape index (κ1) is 24.4. The van der Waals surface area contributed by atoms with E-state index in [0.717, 1.165) is 18.3 Å². The number of rotatable bonds is 7. The van der Waals surface area contributed by atoms with Crippen molar-refractivity contribution in [1.29, 1.82) is 5.26 Å². The van der Waals surface area contributed by atoms with Crippen LogP contribution in [0.1, 0.15) is 12.5 Å². The van der Waals surface area contributed by atoms with E-state index >= 15 is 0 Å². The first-order valence-corrected chi connectivity index (χ1v) is 11.4. The third-order valence-corrected chi connectivity index (χ3v) is 6.73. The Balaban J connectivity index is 1.82. The Hall–Kier alpha value is -3.76. The molecule has 13 heteroatoms. The zero-order valence-electron chi connectivity index (χ0n) is 17.7. The SMILES string of the molecule is C[C@H](NS(=O)(=O)c1ccc(-c2c(C#N)c3cc(OC(F)F)cnc3n2C2=CC=C2)cc1)C(F)(F)F. The molecule has 0 spiro atoms. The molecule has 1 aliphatic rings. The zero-order valence-corrected chi connectivity index (χ0v) is 18.5. The Kier molecular flexibility index (Phi) is 6.12. The van der Waals surface area contributed by atoms with Crippen LogP contribution in [-0.4, -0.2) is 36.8 Å². The minimum atomic E-state index is -4.76. The molecule has 1 aromatic carbocycles. The lowest BCUT2D eigenvalue weighted by atomic mass is 10.1. The Morgan fingerprint density at radius 1 is 1.20 bits per heavy atom. The van der Waals surface area contributed by atoms with E-state index in [1.54, 1.807) is 27.5 Å². The molecule has 0 saturated heterocycles. The van der Waals surface area contributed by atoms with Gasteiger partial charge in [0.1, 0.15) is 23.5 Å². The first-order chi connectivity index (χ1) is 16.4. The number of halogens is 5. The van der Waals surface area contributed by atoms with Crippen molar-refractivity contribution < 1.29 is 35.1 Å². The summed E-state index contributed by atoms with van der Waals surface area (Å²) < 4.78 is 96.0. The van der Waals surface area contributed by atoms with Gasteiger partial charge < -0.3 is 4.74 Å². The summed E-state index contributed by atoms with van der Waals surface area (Å²) in [6.07, 6.45) is 1.49. The maximum Gasteiger partial charge on any atom is 0.404 e. The van der Waals surface area contributed by atoms with Crippen LogP contribution < -0.4 is 9.46 Å². The largest absolute Gasteiger partial charge is 0.433 e. The van der Waals surface area contributed by atoms with Crippen molar-refractivity contribution in [3.8, 4) is 23.1 Å². The second kappa shape index (κ2) is 8.79. The number of fused-ring (bicyclic) bond motifs is 1. The van der Waals surface area contributed by atoms with Gasteiger partial charge >= 0.3 is 12.8 Å². The summed E-state index contributed by atoms with van der Waals surface area (Å²) in [4.78, 5) is 3.76. The molecule has 7 nitrogen and oxygen atoms in total. The van der Waals surface area contributed by atoms with Crippen LogP contribution in [-0.2, 0) is 10.0 Å². The quantitative estimate of drug-likeness (QED) is 0.460. The molecule has 0 aliphatic heterocycles. The van der Waals surface area contributed by atoms with Crippen molar-refractivity contribution in [3.05, 3.63) is 60.3 Å². The average molecular weight is 510 g/mol. The number of ether oxygens (including phenoxy) is 1. The zero-order chi connectivity index (χ0) is 25.5. The molecule has 1 aliphatic carbocycles. The van der Waals surface area contributed by atoms with E-state index in [9.17, 15) is 35.6 Å². The van der Waals surface area contributed by atoms with Crippen molar-refractivity contribution in [2.24, 2.45) is 0 Å². The molecular weight excluding hydrogens is 495 g/mol. The van der Waals surface area contributed by atoms with Crippen LogP contribution in [0.2, 0.25) is 0 Å². The molecule has 0 saturated carbocycles. The standard InChI is InChI=1S/C22H15F5N4O3S/c1-12(22(25,26)27)30-35(32,33)16-7-5-13(6-8-16)19-18(10-28)17-9-15(34-21(23)24)11-29-20(17)31(19)14-3-2-4-14/h2-9,11-12,21,30H,1H3/t12-/m0/s1. The van der Waals surface area contributed by atoms with Gasteiger partial charge in [-0.15, -0.1) is 0 Å². The van der Waals surface area contributed by atoms with Gasteiger partial charge in [-0.05, 0) is 37.3 Å². The molecule has 182 valence electrons. The van der Waals surface area contributed by atoms with Gasteiger partial charge in [0.2, 0.25) is 10.0 Å². The number of hydrogen-bond acceptors (Lipinski definition) is 5. The molecule has 0 fully saturated rings. The van der Waals surface area contributed by atoms with Crippen LogP contribution in [0.15, 0.2) is 59.7 Å². The van der Waals surface area contributed by atoms with Crippen molar-refractivity contribution in [2.75, 3.05) is 0 Å². The average Bonchev–Trinajstić information content (AvgIpc) is 3.04. The number of benzene rings is 1. The van der Waals surface area contributed by atoms with E-state index in [1.807, 2.05) is 6.07 Å². The molecule has 1 N–H and O–H groups in total. The van der Waals surface area contributed by atoms with Crippen LogP contribution in [0, 0.1) is 11.3 Å². The van der Waals surface area contributed by atoms with E-state index in [2.05, 4.69) is 9.72 Å². The summed E-state index contributed by atoms with van der Waals surface area (Å²) in [7, 11) is -4.48. The number of allylic oxidation sites excluding steroid dienone is 4. The number of nitrogens with one attached hydrogen (secondary N) is 1. The Labute approximate surface area is 195 Å². The number of alkyl halides is 5. The fraction of sp³-hybridized carbons (Fsp3) is 0.182. The van der Waals surface area contributed by atoms with Gasteiger partial charge in [-0.1, -0.05) is 18.2 Å². The molecule has 0 radical (unpaired) electrons. The summed E-state index contributed by atoms with van der Waals surface area (Å²) >= 11 is 0. The Morgan fingerprint density at radius 2 is 1.86 bits per heavy atom. The molecule has 35 heavy (non-hydrogen) atoms. The topological polar surface area (TPSA) is 97.0 Å². The third kappa shape index (κ3) is 4.62. The molecule has 2 heterocycles. The van der Waals surface area contributed by atoms with Crippen LogP contribution in [0.25, 0.3) is 28.0 Å². The van der Waals surface area contributed by atoms with Crippen molar-refractivity contribution in [2.45, 2.75) is 30.6 Å². The molecule has 0 unspecified atom stereocenters. The summed E-state index contributed by atoms with van der Waals surface area (Å²) in [5.74, 6) is -0.253. The minimum Gasteiger partial charge on any atom is -0.433 e. The van der Waals surface area contributed by atoms with Crippen molar-refractivity contribution >= 4 is 26.8 Å². The van der Waals surface area contributed by atoms with Crippen molar-refractivity contribution in [3.63, 3.8) is 0 Å². The normalized spacial score (nSPS) is 14.5. The van der Waals surface area contributed by atoms with Crippen LogP contribution in [0.5, 0.6) is 5.75 Å². The highest BCUT2D eigenvalue weighted by Crippen LogP contribution is 2.38. The maximum atomic E-state index is 12.8. The smallest absolute Gasteiger partial charge is 0.404 e. The molecule has 3 aromatic rings. The number of aromatic nitrogens is 2. The van der Waals surface area contributed by atoms with E-state index in [1.165, 1.54) is 18.2 Å². The van der Waals surface area contributed by atoms with Crippen molar-refractivity contribution in [1.82, 2.24) is 14.3 Å². The predicted molar refractivity (Wildman–Crippen MR) is 116 cm³/mol. The lowest BCUT2D eigenvalue weighted by molar-refractivity contribution is -0.147. The molecule has 1 atom stereocenters. The van der Waals surface area contributed by atoms with Gasteiger partial charge in [0, 0.05) is 16.6 Å². The van der Waals surface area contributed by atoms with E-state index < -0.39 is 33.7 Å². The summed E-state index contributed by atoms with van der Waals surface area (Å²) in [6, 6.07) is 5.84. The highest BCUT2D eigenvalue weighted by atomic mass is 32.2. The third-order valence-electron chi connectivity index (χ3n) is 5.17. The number of nitriles is 1. The number of nitrogens with zero attached hydrogens (tertiary/aromatic N) is 3. The molecule has 4 rings (SSSR count). The minimum absolute atomic E-state index is 0.0628. The van der Waals surface area contributed by atoms with Crippen LogP contribution in [0.3, 0.4) is 0 Å². The molecular formula is C22H15F5N4O3S. The van der Waals surface area contributed by atoms with Gasteiger partial charge in [0.15, 0.2) is 0 Å². The van der Waals surface area contributed by atoms with Gasteiger partial charge in [0.05, 0.1) is 22.3 Å². The number of hydrogen-bond donors (Lipinski definition) is 1. The lowest BCUT2D eigenvalue weighted by Gasteiger charge is -2.18. The van der Waals surface area contributed by atoms with Crippen LogP contribution >= 0.6 is 0 Å².